The number of benzene rings is 1. The number of fused-ring (bicyclic) bond motifs is 9. The summed E-state index contributed by atoms with van der Waals surface area (Å²) >= 11 is 6.08. The van der Waals surface area contributed by atoms with Gasteiger partial charge < -0.3 is 14.2 Å². The molecule has 0 spiro atoms. The van der Waals surface area contributed by atoms with Crippen LogP contribution in [0.25, 0.3) is 11.2 Å². The van der Waals surface area contributed by atoms with E-state index >= 15 is 0 Å². The number of aromatic nitrogens is 3. The molecule has 0 saturated carbocycles. The Bertz CT molecular complexity index is 1200. The van der Waals surface area contributed by atoms with Gasteiger partial charge in [0.25, 0.3) is 5.91 Å². The third kappa shape index (κ3) is 2.75. The SMILES string of the molecule is [B]C([B])([B])N1C(=O)c2cccc(OC(F)F)c2[C@@H]2C[C@H]1c1nc3ccc(Cl)nc3n12. The van der Waals surface area contributed by atoms with Gasteiger partial charge in [0.05, 0.1) is 35.6 Å². The first-order valence-electron chi connectivity index (χ1n) is 8.99. The molecule has 0 unspecified atom stereocenters. The lowest BCUT2D eigenvalue weighted by molar-refractivity contribution is -0.0507. The molecule has 5 rings (SSSR count). The Kier molecular flexibility index (Phi) is 4.19. The Labute approximate surface area is 178 Å². The van der Waals surface area contributed by atoms with Gasteiger partial charge in [0.1, 0.15) is 22.2 Å². The number of carbonyl (C=O) groups excluding carboxylic acids is 1. The number of halogens is 3. The number of amides is 1. The number of alkyl halides is 2. The summed E-state index contributed by atoms with van der Waals surface area (Å²) in [5, 5.41) is -1.79. The fraction of sp³-hybridized carbons (Fsp3) is 0.278. The smallest absolute Gasteiger partial charge is 0.387 e. The van der Waals surface area contributed by atoms with Crippen molar-refractivity contribution in [3.63, 3.8) is 0 Å². The number of nitrogens with zero attached hydrogens (tertiary/aromatic N) is 4. The second-order valence-electron chi connectivity index (χ2n) is 7.24. The summed E-state index contributed by atoms with van der Waals surface area (Å²) in [6.07, 6.45) is 0.252. The average Bonchev–Trinajstić information content (AvgIpc) is 3.13. The van der Waals surface area contributed by atoms with Crippen LogP contribution in [-0.2, 0) is 0 Å². The Morgan fingerprint density at radius 1 is 1.17 bits per heavy atom. The molecule has 1 aromatic carbocycles. The standard InChI is InChI=1S/C18H10B3ClF2N4O2/c19-18(20,21)28-10-6-9(27-14-8(25-15(10)27)4-5-12(22)26-14)13-7(16(28)29)2-1-3-11(13)30-17(23)24/h1-5,9-10,17H,6H2/t9-,10-/m0/s1. The monoisotopic (exact) mass is 420 g/mol. The molecule has 0 fully saturated rings. The second-order valence-corrected chi connectivity index (χ2v) is 7.63. The quantitative estimate of drug-likeness (QED) is 0.482. The van der Waals surface area contributed by atoms with E-state index in [0.29, 0.717) is 17.0 Å². The average molecular weight is 420 g/mol. The highest BCUT2D eigenvalue weighted by molar-refractivity contribution is 6.60. The van der Waals surface area contributed by atoms with Crippen molar-refractivity contribution in [1.82, 2.24) is 19.4 Å². The molecule has 0 saturated heterocycles. The molecule has 2 aliphatic heterocycles. The zero-order valence-electron chi connectivity index (χ0n) is 15.3. The fourth-order valence-electron chi connectivity index (χ4n) is 4.39. The van der Waals surface area contributed by atoms with E-state index in [0.717, 1.165) is 4.90 Å². The van der Waals surface area contributed by atoms with Crippen LogP contribution in [0.3, 0.4) is 0 Å². The van der Waals surface area contributed by atoms with Crippen LogP contribution in [0.1, 0.15) is 40.3 Å². The zero-order valence-corrected chi connectivity index (χ0v) is 16.1. The molecule has 12 heteroatoms. The van der Waals surface area contributed by atoms with E-state index in [-0.39, 0.29) is 28.5 Å². The van der Waals surface area contributed by atoms with E-state index in [9.17, 15) is 13.6 Å². The van der Waals surface area contributed by atoms with Gasteiger partial charge >= 0.3 is 6.61 Å². The summed E-state index contributed by atoms with van der Waals surface area (Å²) in [6.45, 7) is -3.08. The summed E-state index contributed by atoms with van der Waals surface area (Å²) in [7, 11) is 17.8. The normalized spacial score (nSPS) is 20.4. The second kappa shape index (κ2) is 6.47. The zero-order chi connectivity index (χ0) is 21.4. The van der Waals surface area contributed by atoms with Crippen molar-refractivity contribution in [1.29, 1.82) is 0 Å². The van der Waals surface area contributed by atoms with E-state index in [1.165, 1.54) is 18.2 Å². The van der Waals surface area contributed by atoms with Crippen LogP contribution in [0.5, 0.6) is 5.75 Å². The number of hydrogen-bond donors (Lipinski definition) is 0. The molecule has 2 bridgehead atoms. The van der Waals surface area contributed by atoms with E-state index in [1.54, 1.807) is 16.7 Å². The number of carbonyl (C=O) groups is 1. The molecule has 2 aliphatic rings. The summed E-state index contributed by atoms with van der Waals surface area (Å²) in [5.41, 5.74) is 1.33. The minimum absolute atomic E-state index is 0.112. The van der Waals surface area contributed by atoms with Crippen molar-refractivity contribution in [3.05, 3.63) is 52.4 Å². The first kappa shape index (κ1) is 19.4. The lowest BCUT2D eigenvalue weighted by Crippen LogP contribution is -2.54. The largest absolute Gasteiger partial charge is 0.434 e. The van der Waals surface area contributed by atoms with Gasteiger partial charge in [0.2, 0.25) is 0 Å². The molecule has 3 aromatic rings. The topological polar surface area (TPSA) is 60.3 Å². The van der Waals surface area contributed by atoms with Crippen molar-refractivity contribution in [3.8, 4) is 5.75 Å². The van der Waals surface area contributed by atoms with Crippen molar-refractivity contribution in [2.24, 2.45) is 0 Å². The summed E-state index contributed by atoms with van der Waals surface area (Å²) < 4.78 is 32.7. The van der Waals surface area contributed by atoms with Gasteiger partial charge in [-0.2, -0.15) is 8.78 Å². The predicted molar refractivity (Wildman–Crippen MR) is 107 cm³/mol. The van der Waals surface area contributed by atoms with Gasteiger partial charge in [0.15, 0.2) is 5.65 Å². The van der Waals surface area contributed by atoms with Gasteiger partial charge in [-0.15, -0.1) is 0 Å². The lowest BCUT2D eigenvalue weighted by Gasteiger charge is -2.41. The van der Waals surface area contributed by atoms with Crippen LogP contribution in [0.15, 0.2) is 30.3 Å². The van der Waals surface area contributed by atoms with Crippen LogP contribution < -0.4 is 4.74 Å². The minimum Gasteiger partial charge on any atom is -0.434 e. The first-order chi connectivity index (χ1) is 14.2. The van der Waals surface area contributed by atoms with Crippen molar-refractivity contribution in [2.75, 3.05) is 0 Å². The summed E-state index contributed by atoms with van der Waals surface area (Å²) in [5.74, 6) is -0.301. The number of pyridine rings is 1. The molecule has 0 N–H and O–H groups in total. The summed E-state index contributed by atoms with van der Waals surface area (Å²) in [4.78, 5) is 23.4. The van der Waals surface area contributed by atoms with Crippen LogP contribution in [0.2, 0.25) is 5.15 Å². The summed E-state index contributed by atoms with van der Waals surface area (Å²) in [6, 6.07) is 6.27. The van der Waals surface area contributed by atoms with Gasteiger partial charge in [-0.3, -0.25) is 4.79 Å². The number of imidazole rings is 1. The van der Waals surface area contributed by atoms with E-state index in [4.69, 9.17) is 39.9 Å². The van der Waals surface area contributed by atoms with E-state index in [2.05, 4.69) is 9.97 Å². The number of ether oxygens (including phenoxy) is 1. The highest BCUT2D eigenvalue weighted by Crippen LogP contribution is 2.51. The molecule has 144 valence electrons. The number of hydrogen-bond acceptors (Lipinski definition) is 4. The van der Waals surface area contributed by atoms with Gasteiger partial charge in [-0.25, -0.2) is 9.97 Å². The Balaban J connectivity index is 1.85. The Morgan fingerprint density at radius 2 is 1.93 bits per heavy atom. The molecule has 4 heterocycles. The maximum absolute atomic E-state index is 13.4. The third-order valence-electron chi connectivity index (χ3n) is 5.38. The molecule has 2 atom stereocenters. The minimum atomic E-state index is -3.08. The molecule has 6 radical (unpaired) electrons. The lowest BCUT2D eigenvalue weighted by atomic mass is 9.48. The Hall–Kier alpha value is -2.55. The molecule has 1 amide bonds. The van der Waals surface area contributed by atoms with Crippen LogP contribution in [-0.4, -0.2) is 60.7 Å². The molecule has 2 aromatic heterocycles. The molecule has 6 nitrogen and oxygen atoms in total. The third-order valence-corrected chi connectivity index (χ3v) is 5.59. The van der Waals surface area contributed by atoms with Crippen LogP contribution in [0, 0.1) is 0 Å². The van der Waals surface area contributed by atoms with Crippen LogP contribution in [0.4, 0.5) is 8.78 Å². The fourth-order valence-corrected chi connectivity index (χ4v) is 4.53. The van der Waals surface area contributed by atoms with Gasteiger partial charge in [-0.1, -0.05) is 22.9 Å². The maximum atomic E-state index is 13.4. The van der Waals surface area contributed by atoms with E-state index in [1.807, 2.05) is 0 Å². The Morgan fingerprint density at radius 3 is 2.63 bits per heavy atom. The number of rotatable bonds is 3. The molecular formula is C18H10B3ClF2N4O2. The van der Waals surface area contributed by atoms with Crippen molar-refractivity contribution in [2.45, 2.75) is 30.4 Å². The molecular weight excluding hydrogens is 410 g/mol. The van der Waals surface area contributed by atoms with E-state index < -0.39 is 29.8 Å². The van der Waals surface area contributed by atoms with Gasteiger partial charge in [-0.05, 0) is 24.3 Å². The highest BCUT2D eigenvalue weighted by atomic mass is 35.5. The van der Waals surface area contributed by atoms with Crippen molar-refractivity contribution >= 4 is 52.2 Å². The van der Waals surface area contributed by atoms with Crippen LogP contribution >= 0.6 is 11.6 Å². The molecule has 0 aliphatic carbocycles. The predicted octanol–water partition coefficient (Wildman–Crippen LogP) is 2.29. The van der Waals surface area contributed by atoms with Gasteiger partial charge in [0, 0.05) is 17.5 Å². The molecule has 30 heavy (non-hydrogen) atoms. The first-order valence-corrected chi connectivity index (χ1v) is 9.37. The highest BCUT2D eigenvalue weighted by Gasteiger charge is 2.48. The van der Waals surface area contributed by atoms with Crippen molar-refractivity contribution < 1.29 is 18.3 Å². The maximum Gasteiger partial charge on any atom is 0.387 e.